The lowest BCUT2D eigenvalue weighted by Gasteiger charge is -2.36. The van der Waals surface area contributed by atoms with Crippen molar-refractivity contribution in [3.8, 4) is 5.75 Å². The van der Waals surface area contributed by atoms with E-state index in [0.29, 0.717) is 45.8 Å². The van der Waals surface area contributed by atoms with E-state index in [4.69, 9.17) is 20.1 Å². The maximum Gasteiger partial charge on any atom is 0.242 e. The SMILES string of the molecule is CCCCCCCCCCCCCCON(CC(CNC(=O)[C@H](CCCCN)NC(=O)Cc1c[nH]c2ccc(OCc3ccccc3)cc12)N(OCCCCCCCCCCCCCC)c1ccccc1)c1ccccc1. The maximum absolute atomic E-state index is 14.6. The largest absolute Gasteiger partial charge is 0.489 e. The highest BCUT2D eigenvalue weighted by atomic mass is 16.7. The smallest absolute Gasteiger partial charge is 0.242 e. The number of unbranched alkanes of at least 4 members (excludes halogenated alkanes) is 23. The Morgan fingerprint density at radius 3 is 1.66 bits per heavy atom. The molecule has 0 bridgehead atoms. The monoisotopic (exact) mass is 1060 g/mol. The Kier molecular flexibility index (Phi) is 32.4. The third-order valence-corrected chi connectivity index (χ3v) is 14.7. The lowest BCUT2D eigenvalue weighted by molar-refractivity contribution is -0.129. The number of fused-ring (bicyclic) bond motifs is 1. The molecule has 2 amide bonds. The molecule has 424 valence electrons. The third kappa shape index (κ3) is 25.8. The molecule has 11 nitrogen and oxygen atoms in total. The number of hydrogen-bond acceptors (Lipinski definition) is 8. The van der Waals surface area contributed by atoms with Gasteiger partial charge >= 0.3 is 0 Å². The van der Waals surface area contributed by atoms with E-state index >= 15 is 0 Å². The van der Waals surface area contributed by atoms with Gasteiger partial charge in [-0.1, -0.05) is 222 Å². The van der Waals surface area contributed by atoms with Gasteiger partial charge in [0.05, 0.1) is 43.6 Å². The van der Waals surface area contributed by atoms with Crippen molar-refractivity contribution >= 4 is 34.1 Å². The number of carbonyl (C=O) groups is 2. The number of para-hydroxylation sites is 2. The number of anilines is 2. The molecule has 0 saturated carbocycles. The molecule has 5 rings (SSSR count). The Balaban J connectivity index is 1.26. The number of H-pyrrole nitrogens is 1. The Morgan fingerprint density at radius 1 is 0.584 bits per heavy atom. The molecule has 0 fully saturated rings. The van der Waals surface area contributed by atoms with Gasteiger partial charge in [0.1, 0.15) is 18.4 Å². The van der Waals surface area contributed by atoms with E-state index < -0.39 is 6.04 Å². The number of nitrogens with two attached hydrogens (primary N) is 1. The highest BCUT2D eigenvalue weighted by Crippen LogP contribution is 2.26. The van der Waals surface area contributed by atoms with Gasteiger partial charge in [0.25, 0.3) is 0 Å². The highest BCUT2D eigenvalue weighted by molar-refractivity contribution is 5.92. The van der Waals surface area contributed by atoms with E-state index in [9.17, 15) is 9.59 Å². The zero-order valence-electron chi connectivity index (χ0n) is 47.7. The van der Waals surface area contributed by atoms with Gasteiger partial charge in [-0.2, -0.15) is 0 Å². The Morgan fingerprint density at radius 2 is 1.10 bits per heavy atom. The minimum atomic E-state index is -0.760. The fourth-order valence-electron chi connectivity index (χ4n) is 10.1. The fraction of sp³-hybridized carbons (Fsp3) is 0.576. The number of hydrogen-bond donors (Lipinski definition) is 4. The maximum atomic E-state index is 14.6. The summed E-state index contributed by atoms with van der Waals surface area (Å²) in [7, 11) is 0. The molecular formula is C66H100N6O5. The molecule has 1 unspecified atom stereocenters. The average Bonchev–Trinajstić information content (AvgIpc) is 3.86. The molecule has 4 aromatic carbocycles. The summed E-state index contributed by atoms with van der Waals surface area (Å²) in [4.78, 5) is 45.4. The Hall–Kier alpha value is -5.36. The van der Waals surface area contributed by atoms with Gasteiger partial charge < -0.3 is 26.1 Å². The summed E-state index contributed by atoms with van der Waals surface area (Å²) in [5.74, 6) is 0.247. The number of aromatic amines is 1. The van der Waals surface area contributed by atoms with E-state index in [-0.39, 0.29) is 30.8 Å². The lowest BCUT2D eigenvalue weighted by atomic mass is 10.1. The first-order valence-corrected chi connectivity index (χ1v) is 30.5. The van der Waals surface area contributed by atoms with Crippen LogP contribution >= 0.6 is 0 Å². The van der Waals surface area contributed by atoms with E-state index in [1.165, 1.54) is 128 Å². The molecule has 1 aromatic heterocycles. The molecule has 0 aliphatic heterocycles. The van der Waals surface area contributed by atoms with Crippen molar-refractivity contribution in [3.63, 3.8) is 0 Å². The zero-order valence-corrected chi connectivity index (χ0v) is 47.7. The topological polar surface area (TPSA) is 134 Å². The van der Waals surface area contributed by atoms with Crippen LogP contribution in [0.3, 0.4) is 0 Å². The van der Waals surface area contributed by atoms with Crippen molar-refractivity contribution in [2.75, 3.05) is 43.0 Å². The normalized spacial score (nSPS) is 12.1. The Labute approximate surface area is 465 Å². The van der Waals surface area contributed by atoms with Crippen LogP contribution in [0.25, 0.3) is 10.9 Å². The predicted octanol–water partition coefficient (Wildman–Crippen LogP) is 15.7. The summed E-state index contributed by atoms with van der Waals surface area (Å²) in [6, 6.07) is 35.3. The summed E-state index contributed by atoms with van der Waals surface area (Å²) < 4.78 is 6.14. The van der Waals surface area contributed by atoms with Gasteiger partial charge in [0.2, 0.25) is 11.8 Å². The zero-order chi connectivity index (χ0) is 54.2. The molecule has 5 N–H and O–H groups in total. The van der Waals surface area contributed by atoms with Gasteiger partial charge in [-0.25, -0.2) is 5.06 Å². The van der Waals surface area contributed by atoms with Crippen LogP contribution in [0.1, 0.15) is 198 Å². The summed E-state index contributed by atoms with van der Waals surface area (Å²) in [6.07, 6.45) is 34.4. The number of aromatic nitrogens is 1. The first-order chi connectivity index (χ1) is 38.0. The van der Waals surface area contributed by atoms with E-state index in [0.717, 1.165) is 71.3 Å². The number of benzene rings is 4. The van der Waals surface area contributed by atoms with Gasteiger partial charge in [0, 0.05) is 23.6 Å². The van der Waals surface area contributed by atoms with Gasteiger partial charge in [-0.05, 0) is 92.2 Å². The van der Waals surface area contributed by atoms with Gasteiger partial charge in [0.15, 0.2) is 0 Å². The minimum absolute atomic E-state index is 0.1000. The van der Waals surface area contributed by atoms with Crippen LogP contribution in [0.5, 0.6) is 5.75 Å². The number of carbonyl (C=O) groups excluding carboxylic acids is 2. The lowest BCUT2D eigenvalue weighted by Crippen LogP contribution is -2.54. The van der Waals surface area contributed by atoms with Crippen molar-refractivity contribution < 1.29 is 24.0 Å². The summed E-state index contributed by atoms with van der Waals surface area (Å²) in [5.41, 5.74) is 10.6. The van der Waals surface area contributed by atoms with Crippen LogP contribution in [-0.4, -0.2) is 61.7 Å². The second kappa shape index (κ2) is 39.9. The number of nitrogens with one attached hydrogen (secondary N) is 3. The molecule has 2 atom stereocenters. The van der Waals surface area contributed by atoms with Crippen LogP contribution in [0.15, 0.2) is 115 Å². The van der Waals surface area contributed by atoms with Crippen LogP contribution in [0, 0.1) is 0 Å². The second-order valence-corrected chi connectivity index (χ2v) is 21.3. The quantitative estimate of drug-likeness (QED) is 0.0224. The van der Waals surface area contributed by atoms with Crippen LogP contribution in [0.2, 0.25) is 0 Å². The minimum Gasteiger partial charge on any atom is -0.489 e. The van der Waals surface area contributed by atoms with Crippen molar-refractivity contribution in [1.29, 1.82) is 0 Å². The fourth-order valence-corrected chi connectivity index (χ4v) is 10.1. The van der Waals surface area contributed by atoms with Gasteiger partial charge in [-0.15, -0.1) is 0 Å². The summed E-state index contributed by atoms with van der Waals surface area (Å²) >= 11 is 0. The standard InChI is InChI=1S/C66H100N6O5/c1-3-5-7-9-11-13-15-17-19-21-23-36-48-76-71(58-40-30-26-31-41-58)54-60(72(59-42-32-27-33-43-59)77-49-37-24-22-20-18-16-14-12-10-8-6-4-2)53-69-66(74)64(44-34-35-47-67)70-65(73)50-57-52-68-63-46-45-61(51-62(57)63)75-55-56-38-28-25-29-39-56/h25-33,38-43,45-46,51-52,60,64,68H,3-24,34-37,44,47-50,53-55,67H2,1-2H3,(H,69,74)(H,70,73)/t60?,64-/m0/s1. The third-order valence-electron chi connectivity index (χ3n) is 14.7. The highest BCUT2D eigenvalue weighted by Gasteiger charge is 2.28. The molecule has 0 radical (unpaired) electrons. The molecule has 0 aliphatic rings. The van der Waals surface area contributed by atoms with Crippen LogP contribution < -0.4 is 31.2 Å². The molecule has 0 aliphatic carbocycles. The number of hydroxylamine groups is 2. The molecular weight excluding hydrogens is 957 g/mol. The summed E-state index contributed by atoms with van der Waals surface area (Å²) in [5, 5.41) is 11.3. The predicted molar refractivity (Wildman–Crippen MR) is 321 cm³/mol. The van der Waals surface area contributed by atoms with E-state index in [2.05, 4.69) is 53.7 Å². The van der Waals surface area contributed by atoms with E-state index in [1.54, 1.807) is 0 Å². The van der Waals surface area contributed by atoms with Crippen molar-refractivity contribution in [3.05, 3.63) is 127 Å². The number of nitrogens with zero attached hydrogens (tertiary/aromatic N) is 2. The number of amides is 2. The molecule has 11 heteroatoms. The average molecular weight is 1060 g/mol. The second-order valence-electron chi connectivity index (χ2n) is 21.3. The molecule has 0 spiro atoms. The van der Waals surface area contributed by atoms with Crippen molar-refractivity contribution in [2.24, 2.45) is 5.73 Å². The van der Waals surface area contributed by atoms with Crippen LogP contribution in [-0.2, 0) is 32.3 Å². The number of ether oxygens (including phenoxy) is 1. The van der Waals surface area contributed by atoms with E-state index in [1.807, 2.05) is 101 Å². The molecule has 1 heterocycles. The molecule has 5 aromatic rings. The first-order valence-electron chi connectivity index (χ1n) is 30.5. The van der Waals surface area contributed by atoms with Crippen molar-refractivity contribution in [1.82, 2.24) is 15.6 Å². The molecule has 0 saturated heterocycles. The Bertz CT molecular complexity index is 2240. The van der Waals surface area contributed by atoms with Crippen LogP contribution in [0.4, 0.5) is 11.4 Å². The summed E-state index contributed by atoms with van der Waals surface area (Å²) in [6.45, 7) is 7.30. The first kappa shape index (κ1) is 62.5. The van der Waals surface area contributed by atoms with Crippen molar-refractivity contribution in [2.45, 2.75) is 212 Å². The molecule has 77 heavy (non-hydrogen) atoms. The van der Waals surface area contributed by atoms with Gasteiger partial charge in [-0.3, -0.25) is 24.3 Å². The number of rotatable bonds is 46.